The minimum absolute atomic E-state index is 0. The van der Waals surface area contributed by atoms with Gasteiger partial charge in [-0.3, -0.25) is 0 Å². The maximum atomic E-state index is 2.28. The van der Waals surface area contributed by atoms with Crippen molar-refractivity contribution >= 4 is 0 Å². The molecule has 2 rings (SSSR count). The second-order valence-electron chi connectivity index (χ2n) is 6.68. The third-order valence-electron chi connectivity index (χ3n) is 6.09. The Hall–Kier alpha value is -0.157. The van der Waals surface area contributed by atoms with Gasteiger partial charge in [0.15, 0.2) is 0 Å². The number of rotatable bonds is 0. The predicted molar refractivity (Wildman–Crippen MR) is 91.8 cm³/mol. The first-order valence-electron chi connectivity index (χ1n) is 7.81. The first-order valence-corrected chi connectivity index (χ1v) is 7.81. The molecule has 0 amide bonds. The zero-order chi connectivity index (χ0) is 15.8. The average molecular weight is 364 g/mol. The molecule has 0 saturated carbocycles. The molecule has 0 nitrogen and oxygen atoms in total. The summed E-state index contributed by atoms with van der Waals surface area (Å²) in [6.07, 6.45) is 0. The summed E-state index contributed by atoms with van der Waals surface area (Å²) < 4.78 is 0. The molecule has 116 valence electrons. The van der Waals surface area contributed by atoms with Gasteiger partial charge in [0.1, 0.15) is 0 Å². The molecule has 1 heteroatoms. The van der Waals surface area contributed by atoms with Crippen LogP contribution >= 0.6 is 0 Å². The average Bonchev–Trinajstić information content (AvgIpc) is 2.71. The molecule has 0 heterocycles. The van der Waals surface area contributed by atoms with Gasteiger partial charge in [0.05, 0.1) is 0 Å². The molecule has 0 radical (unpaired) electrons. The van der Waals surface area contributed by atoms with E-state index in [0.29, 0.717) is 11.8 Å². The van der Waals surface area contributed by atoms with Crippen LogP contribution in [0.1, 0.15) is 69.2 Å². The predicted octanol–water partition coefficient (Wildman–Crippen LogP) is 6.62. The van der Waals surface area contributed by atoms with Crippen LogP contribution in [-0.2, 0) is 26.2 Å². The van der Waals surface area contributed by atoms with E-state index in [1.54, 1.807) is 22.3 Å². The smallest absolute Gasteiger partial charge is 0 e. The van der Waals surface area contributed by atoms with Crippen LogP contribution in [0.25, 0.3) is 0 Å². The van der Waals surface area contributed by atoms with E-state index >= 15 is 0 Å². The summed E-state index contributed by atoms with van der Waals surface area (Å²) in [6, 6.07) is 0. The van der Waals surface area contributed by atoms with Gasteiger partial charge in [0.2, 0.25) is 0 Å². The van der Waals surface area contributed by atoms with Crippen LogP contribution in [0.3, 0.4) is 0 Å². The van der Waals surface area contributed by atoms with Crippen molar-refractivity contribution in [3.05, 3.63) is 44.6 Å². The van der Waals surface area contributed by atoms with Gasteiger partial charge >= 0.3 is 0 Å². The molecule has 0 atom stereocenters. The molecule has 21 heavy (non-hydrogen) atoms. The van der Waals surface area contributed by atoms with Crippen LogP contribution in [-0.4, -0.2) is 0 Å². The van der Waals surface area contributed by atoms with E-state index in [0.717, 1.165) is 0 Å². The number of allylic oxidation sites excluding steroid dienone is 8. The van der Waals surface area contributed by atoms with Gasteiger partial charge in [0.25, 0.3) is 0 Å². The number of hydrogen-bond acceptors (Lipinski definition) is 0. The van der Waals surface area contributed by atoms with Crippen LogP contribution < -0.4 is 0 Å². The molecule has 0 aliphatic heterocycles. The minimum atomic E-state index is 0. The maximum Gasteiger partial charge on any atom is 0 e. The second kappa shape index (κ2) is 7.91. The van der Waals surface area contributed by atoms with Crippen LogP contribution in [0, 0.1) is 11.8 Å². The molecular formula is C20H32Zr. The Kier molecular flexibility index (Phi) is 7.85. The maximum absolute atomic E-state index is 2.28. The van der Waals surface area contributed by atoms with Gasteiger partial charge < -0.3 is 0 Å². The first kappa shape index (κ1) is 20.8. The molecule has 0 aromatic carbocycles. The van der Waals surface area contributed by atoms with Crippen molar-refractivity contribution in [1.82, 2.24) is 0 Å². The normalized spacial score (nSPS) is 20.3. The van der Waals surface area contributed by atoms with Gasteiger partial charge in [-0.25, -0.2) is 0 Å². The minimum Gasteiger partial charge on any atom is -0.0632 e. The molecule has 0 fully saturated rings. The molecular weight excluding hydrogens is 331 g/mol. The van der Waals surface area contributed by atoms with E-state index in [4.69, 9.17) is 0 Å². The van der Waals surface area contributed by atoms with Crippen LogP contribution in [0.15, 0.2) is 44.6 Å². The van der Waals surface area contributed by atoms with Crippen molar-refractivity contribution < 1.29 is 26.2 Å². The second-order valence-corrected chi connectivity index (χ2v) is 6.68. The Morgan fingerprint density at radius 2 is 0.571 bits per heavy atom. The Balaban J connectivity index is 0.000000364. The molecule has 0 aromatic heterocycles. The molecule has 0 saturated heterocycles. The largest absolute Gasteiger partial charge is 0.0632 e. The SMILES string of the molecule is CC1=C(C)C(C)C(C)=C1C.CC1=C(C)C(C)C(C)=C1C.[Zr]. The zero-order valence-corrected chi connectivity index (χ0v) is 18.1. The van der Waals surface area contributed by atoms with Crippen LogP contribution in [0.2, 0.25) is 0 Å². The summed E-state index contributed by atoms with van der Waals surface area (Å²) >= 11 is 0. The van der Waals surface area contributed by atoms with Crippen LogP contribution in [0.5, 0.6) is 0 Å². The van der Waals surface area contributed by atoms with Gasteiger partial charge in [-0.05, 0) is 89.5 Å². The van der Waals surface area contributed by atoms with Crippen LogP contribution in [0.4, 0.5) is 0 Å². The molecule has 0 aromatic rings. The first-order chi connectivity index (χ1) is 9.11. The summed E-state index contributed by atoms with van der Waals surface area (Å²) in [5.74, 6) is 1.39. The molecule has 2 aliphatic carbocycles. The fourth-order valence-electron chi connectivity index (χ4n) is 3.13. The molecule has 2 aliphatic rings. The molecule has 0 N–H and O–H groups in total. The van der Waals surface area contributed by atoms with Crippen molar-refractivity contribution in [3.8, 4) is 0 Å². The van der Waals surface area contributed by atoms with Gasteiger partial charge in [-0.1, -0.05) is 36.1 Å². The van der Waals surface area contributed by atoms with E-state index in [-0.39, 0.29) is 26.2 Å². The fourth-order valence-corrected chi connectivity index (χ4v) is 3.13. The molecule has 0 spiro atoms. The fraction of sp³-hybridized carbons (Fsp3) is 0.600. The van der Waals surface area contributed by atoms with Crippen molar-refractivity contribution in [2.75, 3.05) is 0 Å². The van der Waals surface area contributed by atoms with E-state index in [1.807, 2.05) is 0 Å². The van der Waals surface area contributed by atoms with Crippen molar-refractivity contribution in [2.24, 2.45) is 11.8 Å². The van der Waals surface area contributed by atoms with Crippen molar-refractivity contribution in [3.63, 3.8) is 0 Å². The zero-order valence-electron chi connectivity index (χ0n) is 15.7. The van der Waals surface area contributed by atoms with Gasteiger partial charge in [-0.15, -0.1) is 0 Å². The Morgan fingerprint density at radius 1 is 0.429 bits per heavy atom. The monoisotopic (exact) mass is 362 g/mol. The van der Waals surface area contributed by atoms with Crippen molar-refractivity contribution in [2.45, 2.75) is 69.2 Å². The Labute approximate surface area is 151 Å². The summed E-state index contributed by atoms with van der Waals surface area (Å²) in [4.78, 5) is 0. The Bertz CT molecular complexity index is 440. The van der Waals surface area contributed by atoms with E-state index in [9.17, 15) is 0 Å². The topological polar surface area (TPSA) is 0 Å². The molecule has 0 unspecified atom stereocenters. The summed E-state index contributed by atoms with van der Waals surface area (Å²) in [7, 11) is 0. The summed E-state index contributed by atoms with van der Waals surface area (Å²) in [5.41, 5.74) is 12.2. The standard InChI is InChI=1S/2C10H16.Zr/c2*1-6-7(2)9(4)10(5)8(6)3;/h2*6H,1-5H3;. The van der Waals surface area contributed by atoms with E-state index in [1.165, 1.54) is 22.3 Å². The number of hydrogen-bond donors (Lipinski definition) is 0. The van der Waals surface area contributed by atoms with Gasteiger partial charge in [0, 0.05) is 26.2 Å². The summed E-state index contributed by atoms with van der Waals surface area (Å²) in [6.45, 7) is 22.4. The van der Waals surface area contributed by atoms with Crippen molar-refractivity contribution in [1.29, 1.82) is 0 Å². The van der Waals surface area contributed by atoms with E-state index in [2.05, 4.69) is 69.2 Å². The molecule has 0 bridgehead atoms. The quantitative estimate of drug-likeness (QED) is 0.454. The van der Waals surface area contributed by atoms with Gasteiger partial charge in [-0.2, -0.15) is 0 Å². The third kappa shape index (κ3) is 3.98. The summed E-state index contributed by atoms with van der Waals surface area (Å²) in [5, 5.41) is 0. The van der Waals surface area contributed by atoms with E-state index < -0.39 is 0 Å². The Morgan fingerprint density at radius 3 is 0.619 bits per heavy atom. The third-order valence-corrected chi connectivity index (χ3v) is 6.09.